The molecule has 1 aromatic carbocycles. The van der Waals surface area contributed by atoms with Gasteiger partial charge in [-0.1, -0.05) is 19.9 Å². The van der Waals surface area contributed by atoms with Crippen LogP contribution in [0.1, 0.15) is 25.5 Å². The molecule has 1 saturated heterocycles. The van der Waals surface area contributed by atoms with Gasteiger partial charge in [0.05, 0.1) is 20.3 Å². The highest BCUT2D eigenvalue weighted by Crippen LogP contribution is 2.41. The summed E-state index contributed by atoms with van der Waals surface area (Å²) < 4.78 is 16.3. The standard InChI is InChI=1S/C14H20O4/c1-9(2)8-17-11-5-4-10(6-12(11)16-3)14-13(7-15)18-14/h4-6,9,13-15H,7-8H2,1-3H3/t13-,14+/m1/s1. The lowest BCUT2D eigenvalue weighted by molar-refractivity contribution is 0.242. The predicted molar refractivity (Wildman–Crippen MR) is 68.0 cm³/mol. The van der Waals surface area contributed by atoms with Gasteiger partial charge in [-0.05, 0) is 23.6 Å². The molecule has 0 saturated carbocycles. The van der Waals surface area contributed by atoms with E-state index in [-0.39, 0.29) is 18.8 Å². The molecule has 0 spiro atoms. The first-order chi connectivity index (χ1) is 8.65. The van der Waals surface area contributed by atoms with Crippen LogP contribution < -0.4 is 9.47 Å². The van der Waals surface area contributed by atoms with Crippen molar-refractivity contribution in [2.24, 2.45) is 5.92 Å². The van der Waals surface area contributed by atoms with Gasteiger partial charge >= 0.3 is 0 Å². The summed E-state index contributed by atoms with van der Waals surface area (Å²) in [5, 5.41) is 8.98. The van der Waals surface area contributed by atoms with Gasteiger partial charge in [-0.3, -0.25) is 0 Å². The zero-order chi connectivity index (χ0) is 13.1. The first kappa shape index (κ1) is 13.2. The fourth-order valence-corrected chi connectivity index (χ4v) is 1.81. The molecule has 1 aromatic rings. The maximum Gasteiger partial charge on any atom is 0.161 e. The summed E-state index contributed by atoms with van der Waals surface area (Å²) in [6.45, 7) is 4.92. The molecular weight excluding hydrogens is 232 g/mol. The van der Waals surface area contributed by atoms with E-state index in [1.165, 1.54) is 0 Å². The van der Waals surface area contributed by atoms with E-state index in [4.69, 9.17) is 19.3 Å². The molecule has 1 aliphatic rings. The van der Waals surface area contributed by atoms with Crippen molar-refractivity contribution in [2.75, 3.05) is 20.3 Å². The number of ether oxygens (including phenoxy) is 3. The lowest BCUT2D eigenvalue weighted by atomic mass is 10.1. The molecule has 18 heavy (non-hydrogen) atoms. The highest BCUT2D eigenvalue weighted by molar-refractivity contribution is 5.44. The molecule has 1 fully saturated rings. The van der Waals surface area contributed by atoms with E-state index in [1.807, 2.05) is 18.2 Å². The van der Waals surface area contributed by atoms with Crippen LogP contribution in [0.5, 0.6) is 11.5 Å². The smallest absolute Gasteiger partial charge is 0.161 e. The van der Waals surface area contributed by atoms with Gasteiger partial charge in [0, 0.05) is 0 Å². The summed E-state index contributed by atoms with van der Waals surface area (Å²) in [5.41, 5.74) is 1.02. The van der Waals surface area contributed by atoms with Crippen LogP contribution in [0, 0.1) is 5.92 Å². The van der Waals surface area contributed by atoms with Crippen molar-refractivity contribution in [3.05, 3.63) is 23.8 Å². The molecule has 1 N–H and O–H groups in total. The van der Waals surface area contributed by atoms with Gasteiger partial charge in [-0.2, -0.15) is 0 Å². The minimum Gasteiger partial charge on any atom is -0.493 e. The number of hydrogen-bond donors (Lipinski definition) is 1. The molecule has 0 aliphatic carbocycles. The third kappa shape index (κ3) is 2.94. The van der Waals surface area contributed by atoms with Crippen molar-refractivity contribution in [3.63, 3.8) is 0 Å². The first-order valence-corrected chi connectivity index (χ1v) is 6.22. The number of hydrogen-bond acceptors (Lipinski definition) is 4. The van der Waals surface area contributed by atoms with Crippen molar-refractivity contribution in [2.45, 2.75) is 26.1 Å². The predicted octanol–water partition coefficient (Wildman–Crippen LogP) is 2.16. The van der Waals surface area contributed by atoms with E-state index in [0.29, 0.717) is 18.3 Å². The third-order valence-corrected chi connectivity index (χ3v) is 2.85. The molecule has 1 heterocycles. The van der Waals surface area contributed by atoms with E-state index in [9.17, 15) is 0 Å². The summed E-state index contributed by atoms with van der Waals surface area (Å²) in [7, 11) is 1.62. The van der Waals surface area contributed by atoms with Crippen molar-refractivity contribution in [1.29, 1.82) is 0 Å². The molecule has 0 amide bonds. The van der Waals surface area contributed by atoms with Gasteiger partial charge in [0.15, 0.2) is 11.5 Å². The number of methoxy groups -OCH3 is 1. The second kappa shape index (κ2) is 5.59. The van der Waals surface area contributed by atoms with Crippen LogP contribution in [0.3, 0.4) is 0 Å². The van der Waals surface area contributed by atoms with Crippen LogP contribution in [0.4, 0.5) is 0 Å². The average Bonchev–Trinajstić information content (AvgIpc) is 3.15. The molecule has 100 valence electrons. The second-order valence-corrected chi connectivity index (χ2v) is 4.89. The van der Waals surface area contributed by atoms with Crippen molar-refractivity contribution < 1.29 is 19.3 Å². The Labute approximate surface area is 107 Å². The Balaban J connectivity index is 2.08. The number of aliphatic hydroxyl groups excluding tert-OH is 1. The maximum absolute atomic E-state index is 8.98. The highest BCUT2D eigenvalue weighted by atomic mass is 16.6. The van der Waals surface area contributed by atoms with Crippen molar-refractivity contribution in [1.82, 2.24) is 0 Å². The third-order valence-electron chi connectivity index (χ3n) is 2.85. The van der Waals surface area contributed by atoms with Gasteiger partial charge in [-0.25, -0.2) is 0 Å². The van der Waals surface area contributed by atoms with E-state index in [1.54, 1.807) is 7.11 Å². The fraction of sp³-hybridized carbons (Fsp3) is 0.571. The zero-order valence-corrected chi connectivity index (χ0v) is 11.1. The number of rotatable bonds is 6. The quantitative estimate of drug-likeness (QED) is 0.788. The molecular formula is C14H20O4. The summed E-state index contributed by atoms with van der Waals surface area (Å²) >= 11 is 0. The minimum absolute atomic E-state index is 0.0111. The monoisotopic (exact) mass is 252 g/mol. The average molecular weight is 252 g/mol. The van der Waals surface area contributed by atoms with E-state index < -0.39 is 0 Å². The van der Waals surface area contributed by atoms with Crippen molar-refractivity contribution >= 4 is 0 Å². The largest absolute Gasteiger partial charge is 0.493 e. The normalized spacial score (nSPS) is 22.1. The van der Waals surface area contributed by atoms with Crippen LogP contribution in [-0.4, -0.2) is 31.5 Å². The Bertz CT molecular complexity index is 403. The Morgan fingerprint density at radius 2 is 2.11 bits per heavy atom. The number of epoxide rings is 1. The van der Waals surface area contributed by atoms with Gasteiger partial charge in [0.2, 0.25) is 0 Å². The van der Waals surface area contributed by atoms with E-state index >= 15 is 0 Å². The van der Waals surface area contributed by atoms with Gasteiger partial charge in [0.1, 0.15) is 12.2 Å². The van der Waals surface area contributed by atoms with Gasteiger partial charge < -0.3 is 19.3 Å². The lowest BCUT2D eigenvalue weighted by Crippen LogP contribution is -2.05. The van der Waals surface area contributed by atoms with Gasteiger partial charge in [-0.15, -0.1) is 0 Å². The van der Waals surface area contributed by atoms with E-state index in [2.05, 4.69) is 13.8 Å². The Hall–Kier alpha value is -1.26. The molecule has 0 aromatic heterocycles. The molecule has 0 unspecified atom stereocenters. The number of benzene rings is 1. The van der Waals surface area contributed by atoms with Crippen LogP contribution in [0.15, 0.2) is 18.2 Å². The number of aliphatic hydroxyl groups is 1. The topological polar surface area (TPSA) is 51.2 Å². The summed E-state index contributed by atoms with van der Waals surface area (Å²) in [4.78, 5) is 0. The summed E-state index contributed by atoms with van der Waals surface area (Å²) in [5.74, 6) is 1.93. The fourth-order valence-electron chi connectivity index (χ4n) is 1.81. The summed E-state index contributed by atoms with van der Waals surface area (Å²) in [6.07, 6.45) is -0.0832. The molecule has 1 aliphatic heterocycles. The highest BCUT2D eigenvalue weighted by Gasteiger charge is 2.39. The maximum atomic E-state index is 8.98. The van der Waals surface area contributed by atoms with Crippen LogP contribution in [0.25, 0.3) is 0 Å². The summed E-state index contributed by atoms with van der Waals surface area (Å²) in [6, 6.07) is 5.77. The SMILES string of the molecule is COc1cc([C@@H]2O[C@@H]2CO)ccc1OCC(C)C. The Morgan fingerprint density at radius 3 is 2.67 bits per heavy atom. The first-order valence-electron chi connectivity index (χ1n) is 6.22. The zero-order valence-electron chi connectivity index (χ0n) is 11.1. The molecule has 0 bridgehead atoms. The van der Waals surface area contributed by atoms with Crippen LogP contribution in [-0.2, 0) is 4.74 Å². The Kier molecular flexibility index (Phi) is 4.09. The Morgan fingerprint density at radius 1 is 1.33 bits per heavy atom. The minimum atomic E-state index is -0.0721. The molecule has 4 heteroatoms. The molecule has 0 radical (unpaired) electrons. The lowest BCUT2D eigenvalue weighted by Gasteiger charge is -2.13. The van der Waals surface area contributed by atoms with E-state index in [0.717, 1.165) is 11.3 Å². The van der Waals surface area contributed by atoms with Crippen molar-refractivity contribution in [3.8, 4) is 11.5 Å². The van der Waals surface area contributed by atoms with Crippen LogP contribution in [0.2, 0.25) is 0 Å². The van der Waals surface area contributed by atoms with Crippen LogP contribution >= 0.6 is 0 Å². The second-order valence-electron chi connectivity index (χ2n) is 4.89. The molecule has 2 rings (SSSR count). The van der Waals surface area contributed by atoms with Gasteiger partial charge in [0.25, 0.3) is 0 Å². The molecule has 4 nitrogen and oxygen atoms in total. The molecule has 2 atom stereocenters.